The van der Waals surface area contributed by atoms with Gasteiger partial charge in [-0.25, -0.2) is 4.98 Å². The molecule has 2 aromatic rings. The summed E-state index contributed by atoms with van der Waals surface area (Å²) >= 11 is 2.11. The zero-order valence-electron chi connectivity index (χ0n) is 10.2. The quantitative estimate of drug-likeness (QED) is 0.801. The van der Waals surface area contributed by atoms with Crippen LogP contribution < -0.4 is 10.1 Å². The van der Waals surface area contributed by atoms with Gasteiger partial charge in [-0.1, -0.05) is 0 Å². The number of rotatable bonds is 3. The number of benzene rings is 1. The van der Waals surface area contributed by atoms with Gasteiger partial charge in [-0.05, 0) is 46.9 Å². The number of hydrogen-bond acceptors (Lipinski definition) is 4. The molecule has 1 aromatic carbocycles. The highest BCUT2D eigenvalue weighted by Gasteiger charge is 2.34. The van der Waals surface area contributed by atoms with E-state index < -0.39 is 11.9 Å². The van der Waals surface area contributed by atoms with Gasteiger partial charge >= 0.3 is 6.18 Å². The maximum atomic E-state index is 12.7. The van der Waals surface area contributed by atoms with Crippen LogP contribution >= 0.6 is 22.6 Å². The summed E-state index contributed by atoms with van der Waals surface area (Å²) in [5.74, 6) is 0.0810. The number of aromatic nitrogens is 2. The number of alkyl halides is 3. The molecule has 0 fully saturated rings. The molecule has 0 bridgehead atoms. The molecule has 1 aromatic heterocycles. The van der Waals surface area contributed by atoms with Gasteiger partial charge in [0.1, 0.15) is 5.75 Å². The van der Waals surface area contributed by atoms with E-state index in [9.17, 15) is 13.2 Å². The molecule has 0 saturated heterocycles. The molecule has 0 aliphatic carbocycles. The lowest BCUT2D eigenvalue weighted by molar-refractivity contribution is -0.141. The second-order valence-electron chi connectivity index (χ2n) is 3.72. The number of halogens is 4. The molecule has 0 aliphatic rings. The van der Waals surface area contributed by atoms with Crippen molar-refractivity contribution in [3.05, 3.63) is 39.6 Å². The third-order valence-electron chi connectivity index (χ3n) is 2.25. The standard InChI is InChI=1S/C12H9F3IN3O/c1-17-11-18-9(12(13,14)15)6-10(19-11)20-8-4-2-7(16)3-5-8/h2-6H,1H3,(H,17,18,19). The monoisotopic (exact) mass is 395 g/mol. The Morgan fingerprint density at radius 3 is 2.35 bits per heavy atom. The van der Waals surface area contributed by atoms with Crippen molar-refractivity contribution in [3.63, 3.8) is 0 Å². The van der Waals surface area contributed by atoms with Crippen molar-refractivity contribution in [1.82, 2.24) is 9.97 Å². The zero-order valence-corrected chi connectivity index (χ0v) is 12.4. The summed E-state index contributed by atoms with van der Waals surface area (Å²) in [5.41, 5.74) is -1.06. The van der Waals surface area contributed by atoms with Gasteiger partial charge < -0.3 is 10.1 Å². The maximum Gasteiger partial charge on any atom is 0.433 e. The summed E-state index contributed by atoms with van der Waals surface area (Å²) in [6.07, 6.45) is -4.56. The molecule has 0 saturated carbocycles. The van der Waals surface area contributed by atoms with Gasteiger partial charge in [0.15, 0.2) is 5.69 Å². The molecular weight excluding hydrogens is 386 g/mol. The van der Waals surface area contributed by atoms with Gasteiger partial charge in [-0.2, -0.15) is 18.2 Å². The average molecular weight is 395 g/mol. The SMILES string of the molecule is CNc1nc(Oc2ccc(I)cc2)cc(C(F)(F)F)n1. The number of nitrogens with zero attached hydrogens (tertiary/aromatic N) is 2. The van der Waals surface area contributed by atoms with Crippen LogP contribution in [0.4, 0.5) is 19.1 Å². The summed E-state index contributed by atoms with van der Waals surface area (Å²) < 4.78 is 44.4. The second-order valence-corrected chi connectivity index (χ2v) is 4.96. The first kappa shape index (κ1) is 14.8. The van der Waals surface area contributed by atoms with E-state index >= 15 is 0 Å². The van der Waals surface area contributed by atoms with Gasteiger partial charge in [0.05, 0.1) is 0 Å². The average Bonchev–Trinajstić information content (AvgIpc) is 2.40. The predicted molar refractivity (Wildman–Crippen MR) is 75.8 cm³/mol. The highest BCUT2D eigenvalue weighted by atomic mass is 127. The first-order chi connectivity index (χ1) is 9.38. The molecule has 8 heteroatoms. The fourth-order valence-electron chi connectivity index (χ4n) is 1.36. The Morgan fingerprint density at radius 1 is 1.15 bits per heavy atom. The van der Waals surface area contributed by atoms with E-state index in [2.05, 4.69) is 37.9 Å². The van der Waals surface area contributed by atoms with E-state index in [-0.39, 0.29) is 11.8 Å². The molecule has 0 unspecified atom stereocenters. The van der Waals surface area contributed by atoms with Gasteiger partial charge in [0, 0.05) is 16.7 Å². The van der Waals surface area contributed by atoms with Crippen molar-refractivity contribution in [2.75, 3.05) is 12.4 Å². The van der Waals surface area contributed by atoms with Gasteiger partial charge in [0.2, 0.25) is 11.8 Å². The van der Waals surface area contributed by atoms with Crippen LogP contribution in [0.5, 0.6) is 11.6 Å². The normalized spacial score (nSPS) is 11.2. The molecule has 4 nitrogen and oxygen atoms in total. The van der Waals surface area contributed by atoms with Crippen LogP contribution in [-0.4, -0.2) is 17.0 Å². The van der Waals surface area contributed by atoms with Crippen LogP contribution in [0, 0.1) is 3.57 Å². The Morgan fingerprint density at radius 2 is 1.80 bits per heavy atom. The fourth-order valence-corrected chi connectivity index (χ4v) is 1.72. The number of hydrogen-bond donors (Lipinski definition) is 1. The third kappa shape index (κ3) is 3.71. The first-order valence-electron chi connectivity index (χ1n) is 5.46. The van der Waals surface area contributed by atoms with Crippen molar-refractivity contribution >= 4 is 28.5 Å². The molecule has 0 aliphatic heterocycles. The minimum atomic E-state index is -4.56. The summed E-state index contributed by atoms with van der Waals surface area (Å²) in [5, 5.41) is 2.47. The molecule has 0 spiro atoms. The summed E-state index contributed by atoms with van der Waals surface area (Å²) in [4.78, 5) is 7.19. The minimum absolute atomic E-state index is 0.152. The molecule has 1 N–H and O–H groups in total. The van der Waals surface area contributed by atoms with Crippen molar-refractivity contribution < 1.29 is 17.9 Å². The Hall–Kier alpha value is -1.58. The minimum Gasteiger partial charge on any atom is -0.439 e. The predicted octanol–water partition coefficient (Wildman–Crippen LogP) is 3.93. The Bertz CT molecular complexity index is 602. The van der Waals surface area contributed by atoms with Crippen LogP contribution in [0.15, 0.2) is 30.3 Å². The zero-order chi connectivity index (χ0) is 14.8. The van der Waals surface area contributed by atoms with Gasteiger partial charge in [-0.3, -0.25) is 0 Å². The van der Waals surface area contributed by atoms with Crippen LogP contribution in [0.2, 0.25) is 0 Å². The topological polar surface area (TPSA) is 47.0 Å². The van der Waals surface area contributed by atoms with Crippen molar-refractivity contribution in [2.24, 2.45) is 0 Å². The van der Waals surface area contributed by atoms with E-state index in [0.29, 0.717) is 5.75 Å². The largest absolute Gasteiger partial charge is 0.439 e. The van der Waals surface area contributed by atoms with Crippen molar-refractivity contribution in [3.8, 4) is 11.6 Å². The Balaban J connectivity index is 2.33. The lowest BCUT2D eigenvalue weighted by Crippen LogP contribution is -2.11. The van der Waals surface area contributed by atoms with Gasteiger partial charge in [0.25, 0.3) is 0 Å². The third-order valence-corrected chi connectivity index (χ3v) is 2.97. The molecule has 106 valence electrons. The Kier molecular flexibility index (Phi) is 4.31. The van der Waals surface area contributed by atoms with E-state index in [4.69, 9.17) is 4.74 Å². The lowest BCUT2D eigenvalue weighted by atomic mass is 10.3. The molecule has 1 heterocycles. The van der Waals surface area contributed by atoms with E-state index in [1.807, 2.05) is 0 Å². The summed E-state index contributed by atoms with van der Waals surface area (Å²) in [7, 11) is 1.43. The van der Waals surface area contributed by atoms with Crippen LogP contribution in [0.1, 0.15) is 5.69 Å². The highest BCUT2D eigenvalue weighted by Crippen LogP contribution is 2.31. The number of nitrogens with one attached hydrogen (secondary N) is 1. The van der Waals surface area contributed by atoms with Crippen LogP contribution in [0.3, 0.4) is 0 Å². The van der Waals surface area contributed by atoms with Crippen LogP contribution in [0.25, 0.3) is 0 Å². The highest BCUT2D eigenvalue weighted by molar-refractivity contribution is 14.1. The first-order valence-corrected chi connectivity index (χ1v) is 6.54. The summed E-state index contributed by atoms with van der Waals surface area (Å²) in [6.45, 7) is 0. The lowest BCUT2D eigenvalue weighted by Gasteiger charge is -2.10. The molecule has 20 heavy (non-hydrogen) atoms. The number of anilines is 1. The number of ether oxygens (including phenoxy) is 1. The van der Waals surface area contributed by atoms with Crippen molar-refractivity contribution in [2.45, 2.75) is 6.18 Å². The molecule has 0 amide bonds. The van der Waals surface area contributed by atoms with Gasteiger partial charge in [-0.15, -0.1) is 0 Å². The van der Waals surface area contributed by atoms with E-state index in [1.165, 1.54) is 7.05 Å². The smallest absolute Gasteiger partial charge is 0.433 e. The van der Waals surface area contributed by atoms with Crippen molar-refractivity contribution in [1.29, 1.82) is 0 Å². The molecule has 0 atom stereocenters. The summed E-state index contributed by atoms with van der Waals surface area (Å²) in [6, 6.07) is 7.62. The fraction of sp³-hybridized carbons (Fsp3) is 0.167. The second kappa shape index (κ2) is 5.81. The molecule has 2 rings (SSSR count). The van der Waals surface area contributed by atoms with E-state index in [0.717, 1.165) is 9.64 Å². The molecule has 0 radical (unpaired) electrons. The maximum absolute atomic E-state index is 12.7. The molecular formula is C12H9F3IN3O. The Labute approximate surface area is 126 Å². The van der Waals surface area contributed by atoms with E-state index in [1.54, 1.807) is 24.3 Å². The van der Waals surface area contributed by atoms with Crippen LogP contribution in [-0.2, 0) is 6.18 Å².